The first-order valence-corrected chi connectivity index (χ1v) is 5.69. The normalized spacial score (nSPS) is 11.0. The highest BCUT2D eigenvalue weighted by Gasteiger charge is 2.15. The van der Waals surface area contributed by atoms with E-state index >= 15 is 0 Å². The van der Waals surface area contributed by atoms with Crippen LogP contribution in [0.15, 0.2) is 0 Å². The lowest BCUT2D eigenvalue weighted by Crippen LogP contribution is -2.31. The molecule has 0 saturated heterocycles. The maximum Gasteiger partial charge on any atom is 0.220 e. The molecule has 0 rings (SSSR count). The van der Waals surface area contributed by atoms with Gasteiger partial charge in [0.05, 0.1) is 13.2 Å². The molecule has 0 aromatic carbocycles. The van der Waals surface area contributed by atoms with E-state index in [9.17, 15) is 9.59 Å². The van der Waals surface area contributed by atoms with E-state index in [2.05, 4.69) is 10.6 Å². The molecule has 0 spiro atoms. The van der Waals surface area contributed by atoms with Crippen LogP contribution in [0.5, 0.6) is 0 Å². The second-order valence-electron chi connectivity index (χ2n) is 4.99. The Morgan fingerprint density at radius 2 is 1.65 bits per heavy atom. The Labute approximate surface area is 104 Å². The monoisotopic (exact) mass is 240 g/mol. The molecule has 2 amide bonds. The molecule has 0 aliphatic rings. The summed E-state index contributed by atoms with van der Waals surface area (Å²) in [7, 11) is 4.87. The van der Waals surface area contributed by atoms with E-state index in [0.717, 1.165) is 0 Å². The van der Waals surface area contributed by atoms with Crippen LogP contribution in [0, 0.1) is 5.41 Å². The van der Waals surface area contributed by atoms with Gasteiger partial charge in [0.15, 0.2) is 13.7 Å². The van der Waals surface area contributed by atoms with Gasteiger partial charge in [-0.25, -0.2) is 0 Å². The van der Waals surface area contributed by atoms with E-state index in [1.165, 1.54) is 0 Å². The number of ether oxygens (including phenoxy) is 1. The molecule has 5 nitrogen and oxygen atoms in total. The minimum atomic E-state index is -0.563. The highest BCUT2D eigenvalue weighted by atomic mass is 16.5. The number of carbonyl (C=O) groups is 2. The molecular formula is C11H21BN2O3. The van der Waals surface area contributed by atoms with Crippen LogP contribution in [-0.2, 0) is 9.53 Å². The van der Waals surface area contributed by atoms with E-state index in [0.29, 0.717) is 32.7 Å². The van der Waals surface area contributed by atoms with Gasteiger partial charge in [0.1, 0.15) is 0 Å². The van der Waals surface area contributed by atoms with Gasteiger partial charge in [0.25, 0.3) is 0 Å². The third-order valence-electron chi connectivity index (χ3n) is 1.81. The Morgan fingerprint density at radius 1 is 1.12 bits per heavy atom. The van der Waals surface area contributed by atoms with Crippen molar-refractivity contribution in [2.75, 3.05) is 26.3 Å². The number of carbonyl (C=O) groups excluding carboxylic acids is 2. The van der Waals surface area contributed by atoms with Gasteiger partial charge < -0.3 is 15.4 Å². The highest BCUT2D eigenvalue weighted by Crippen LogP contribution is 2.17. The third kappa shape index (κ3) is 12.9. The number of hydrogen-bond acceptors (Lipinski definition) is 3. The van der Waals surface area contributed by atoms with Gasteiger partial charge in [-0.1, -0.05) is 20.8 Å². The molecule has 2 radical (unpaired) electrons. The first-order valence-electron chi connectivity index (χ1n) is 5.69. The molecule has 0 aromatic rings. The molecule has 0 unspecified atom stereocenters. The molecule has 6 heteroatoms. The lowest BCUT2D eigenvalue weighted by Gasteiger charge is -2.17. The van der Waals surface area contributed by atoms with Crippen molar-refractivity contribution in [1.29, 1.82) is 0 Å². The van der Waals surface area contributed by atoms with Crippen LogP contribution in [0.3, 0.4) is 0 Å². The van der Waals surface area contributed by atoms with Gasteiger partial charge >= 0.3 is 0 Å². The molecule has 17 heavy (non-hydrogen) atoms. The summed E-state index contributed by atoms with van der Waals surface area (Å²) < 4.78 is 5.18. The predicted octanol–water partition coefficient (Wildman–Crippen LogP) is 0.433. The standard InChI is InChI=1S/C11H21BN2O3/c1-11(2,3)8-9(15)13-4-6-17-7-5-14-10(12)16/h4-8H2,1-3H3,(H,13,15)(H,14,16). The molecule has 0 aliphatic carbocycles. The quantitative estimate of drug-likeness (QED) is 0.501. The Balaban J connectivity index is 3.34. The van der Waals surface area contributed by atoms with Crippen molar-refractivity contribution in [2.24, 2.45) is 5.41 Å². The lowest BCUT2D eigenvalue weighted by molar-refractivity contribution is -0.123. The molecule has 0 bridgehead atoms. The average Bonchev–Trinajstić information content (AvgIpc) is 2.12. The minimum absolute atomic E-state index is 0.00362. The van der Waals surface area contributed by atoms with Crippen LogP contribution >= 0.6 is 0 Å². The number of hydrogen-bond donors (Lipinski definition) is 2. The first kappa shape index (κ1) is 16.0. The molecule has 0 heterocycles. The van der Waals surface area contributed by atoms with E-state index in [1.807, 2.05) is 20.8 Å². The van der Waals surface area contributed by atoms with Crippen molar-refractivity contribution in [3.05, 3.63) is 0 Å². The lowest BCUT2D eigenvalue weighted by atomic mass is 9.92. The smallest absolute Gasteiger partial charge is 0.220 e. The molecule has 0 aliphatic heterocycles. The summed E-state index contributed by atoms with van der Waals surface area (Å²) >= 11 is 0. The molecule has 0 aromatic heterocycles. The summed E-state index contributed by atoms with van der Waals surface area (Å²) in [6.45, 7) is 7.71. The summed E-state index contributed by atoms with van der Waals surface area (Å²) in [5.41, 5.74) is -0.00362. The fourth-order valence-corrected chi connectivity index (χ4v) is 1.16. The van der Waals surface area contributed by atoms with E-state index in [-0.39, 0.29) is 11.3 Å². The number of amides is 2. The summed E-state index contributed by atoms with van der Waals surface area (Å²) in [6.07, 6.45) is 0.496. The molecule has 96 valence electrons. The van der Waals surface area contributed by atoms with Gasteiger partial charge in [-0.05, 0) is 5.41 Å². The Hall–Kier alpha value is -1.04. The van der Waals surface area contributed by atoms with Crippen molar-refractivity contribution < 1.29 is 14.3 Å². The van der Waals surface area contributed by atoms with Crippen LogP contribution in [0.1, 0.15) is 27.2 Å². The molecular weight excluding hydrogens is 219 g/mol. The van der Waals surface area contributed by atoms with Crippen LogP contribution in [0.4, 0.5) is 4.79 Å². The van der Waals surface area contributed by atoms with Gasteiger partial charge in [-0.3, -0.25) is 9.59 Å². The van der Waals surface area contributed by atoms with Gasteiger partial charge in [0.2, 0.25) is 5.91 Å². The summed E-state index contributed by atoms with van der Waals surface area (Å²) in [4.78, 5) is 21.7. The topological polar surface area (TPSA) is 67.4 Å². The Morgan fingerprint density at radius 3 is 2.12 bits per heavy atom. The summed E-state index contributed by atoms with van der Waals surface area (Å²) in [5, 5.41) is 5.17. The zero-order chi connectivity index (χ0) is 13.3. The van der Waals surface area contributed by atoms with Crippen molar-refractivity contribution >= 4 is 19.6 Å². The van der Waals surface area contributed by atoms with E-state index in [4.69, 9.17) is 12.6 Å². The Bertz CT molecular complexity index is 252. The molecule has 2 N–H and O–H groups in total. The van der Waals surface area contributed by atoms with Crippen LogP contribution < -0.4 is 10.6 Å². The van der Waals surface area contributed by atoms with E-state index < -0.39 is 5.81 Å². The predicted molar refractivity (Wildman–Crippen MR) is 67.1 cm³/mol. The Kier molecular flexibility index (Phi) is 7.62. The van der Waals surface area contributed by atoms with Gasteiger partial charge in [-0.2, -0.15) is 0 Å². The SMILES string of the molecule is [B]C(=O)NCCOCCNC(=O)CC(C)(C)C. The largest absolute Gasteiger partial charge is 0.378 e. The highest BCUT2D eigenvalue weighted by molar-refractivity contribution is 6.57. The maximum atomic E-state index is 11.4. The fraction of sp³-hybridized carbons (Fsp3) is 0.818. The molecule has 0 atom stereocenters. The van der Waals surface area contributed by atoms with E-state index in [1.54, 1.807) is 0 Å². The summed E-state index contributed by atoms with van der Waals surface area (Å²) in [6, 6.07) is 0. The third-order valence-corrected chi connectivity index (χ3v) is 1.81. The summed E-state index contributed by atoms with van der Waals surface area (Å²) in [5.74, 6) is -0.538. The van der Waals surface area contributed by atoms with Crippen LogP contribution in [-0.4, -0.2) is 45.9 Å². The van der Waals surface area contributed by atoms with Gasteiger partial charge in [0, 0.05) is 19.5 Å². The minimum Gasteiger partial charge on any atom is -0.378 e. The zero-order valence-corrected chi connectivity index (χ0v) is 10.8. The maximum absolute atomic E-state index is 11.4. The van der Waals surface area contributed by atoms with Crippen LogP contribution in [0.2, 0.25) is 0 Å². The number of nitrogens with one attached hydrogen (secondary N) is 2. The van der Waals surface area contributed by atoms with Crippen molar-refractivity contribution in [1.82, 2.24) is 10.6 Å². The molecule has 0 saturated carbocycles. The van der Waals surface area contributed by atoms with Crippen molar-refractivity contribution in [3.63, 3.8) is 0 Å². The second-order valence-corrected chi connectivity index (χ2v) is 4.99. The average molecular weight is 240 g/mol. The first-order chi connectivity index (χ1) is 7.81. The molecule has 0 fully saturated rings. The van der Waals surface area contributed by atoms with Crippen molar-refractivity contribution in [3.8, 4) is 0 Å². The second kappa shape index (κ2) is 8.11. The van der Waals surface area contributed by atoms with Gasteiger partial charge in [-0.15, -0.1) is 0 Å². The van der Waals surface area contributed by atoms with Crippen LogP contribution in [0.25, 0.3) is 0 Å². The fourth-order valence-electron chi connectivity index (χ4n) is 1.16. The number of rotatable bonds is 7. The van der Waals surface area contributed by atoms with Crippen molar-refractivity contribution in [2.45, 2.75) is 27.2 Å². The zero-order valence-electron chi connectivity index (χ0n) is 10.8.